The van der Waals surface area contributed by atoms with E-state index in [-0.39, 0.29) is 0 Å². The molecule has 0 heterocycles. The standard InChI is InChI=1S/C24H41IO2.H4N2O2S/c1-2-3-4-5-6-7-8-9-10-11-12-13-14-15-16-19-22-27-24-21-18-17-20-23(24)25-26;1-5(2,3)4/h17-18,20-21H,2-16,19,22H2,1H3;(H4,1,2,3,4). The molecule has 0 aromatic heterocycles. The molecule has 0 aliphatic rings. The smallest absolute Gasteiger partial charge is 0.271 e. The first-order chi connectivity index (χ1) is 15.4. The fraction of sp³-hybridized carbons (Fsp3) is 0.750. The van der Waals surface area contributed by atoms with Crippen LogP contribution in [0, 0.1) is 3.57 Å². The number of hydrogen-bond acceptors (Lipinski definition) is 4. The lowest BCUT2D eigenvalue weighted by atomic mass is 10.0. The summed E-state index contributed by atoms with van der Waals surface area (Å²) in [7, 11) is -3.67. The van der Waals surface area contributed by atoms with Gasteiger partial charge < -0.3 is 4.74 Å². The Hall–Kier alpha value is -0.580. The minimum atomic E-state index is -3.67. The number of nitrogens with two attached hydrogens (primary N) is 2. The van der Waals surface area contributed by atoms with Crippen molar-refractivity contribution >= 4 is 31.4 Å². The molecular weight excluding hydrogens is 539 g/mol. The molecule has 0 bridgehead atoms. The Morgan fingerprint density at radius 3 is 1.50 bits per heavy atom. The quantitative estimate of drug-likeness (QED) is 0.135. The number of rotatable bonds is 19. The second-order valence-electron chi connectivity index (χ2n) is 8.25. The highest BCUT2D eigenvalue weighted by atomic mass is 127. The van der Waals surface area contributed by atoms with E-state index in [1.807, 2.05) is 24.3 Å². The number of para-hydroxylation sites is 1. The zero-order chi connectivity index (χ0) is 23.9. The van der Waals surface area contributed by atoms with Crippen molar-refractivity contribution in [3.8, 4) is 5.75 Å². The number of unbranched alkanes of at least 4 members (excludes halogenated alkanes) is 15. The third-order valence-corrected chi connectivity index (χ3v) is 6.54. The molecule has 1 rings (SSSR count). The maximum Gasteiger partial charge on any atom is 0.271 e. The van der Waals surface area contributed by atoms with Crippen LogP contribution < -0.4 is 15.0 Å². The summed E-state index contributed by atoms with van der Waals surface area (Å²) >= 11 is -1.13. The molecule has 8 heteroatoms. The van der Waals surface area contributed by atoms with Gasteiger partial charge in [0, 0.05) is 0 Å². The van der Waals surface area contributed by atoms with E-state index in [1.54, 1.807) is 0 Å². The van der Waals surface area contributed by atoms with E-state index >= 15 is 0 Å². The van der Waals surface area contributed by atoms with Crippen molar-refractivity contribution in [2.45, 2.75) is 110 Å². The van der Waals surface area contributed by atoms with Gasteiger partial charge in [-0.05, 0) is 18.6 Å². The van der Waals surface area contributed by atoms with Crippen LogP contribution in [0.3, 0.4) is 0 Å². The van der Waals surface area contributed by atoms with Gasteiger partial charge in [-0.3, -0.25) is 3.07 Å². The summed E-state index contributed by atoms with van der Waals surface area (Å²) < 4.78 is 36.2. The predicted molar refractivity (Wildman–Crippen MR) is 142 cm³/mol. The average molecular weight is 585 g/mol. The summed E-state index contributed by atoms with van der Waals surface area (Å²) in [6, 6.07) is 7.71. The van der Waals surface area contributed by atoms with E-state index in [0.29, 0.717) is 0 Å². The summed E-state index contributed by atoms with van der Waals surface area (Å²) in [4.78, 5) is 0. The molecule has 0 unspecified atom stereocenters. The first-order valence-corrected chi connectivity index (χ1v) is 15.7. The van der Waals surface area contributed by atoms with Crippen molar-refractivity contribution in [1.29, 1.82) is 0 Å². The summed E-state index contributed by atoms with van der Waals surface area (Å²) in [6.07, 6.45) is 22.1. The molecule has 32 heavy (non-hydrogen) atoms. The van der Waals surface area contributed by atoms with Gasteiger partial charge in [0.2, 0.25) is 0 Å². The largest absolute Gasteiger partial charge is 0.492 e. The predicted octanol–water partition coefficient (Wildman–Crippen LogP) is 6.96. The van der Waals surface area contributed by atoms with Crippen molar-refractivity contribution < 1.29 is 16.2 Å². The Bertz CT molecular complexity index is 664. The molecule has 0 aliphatic carbocycles. The molecule has 0 aliphatic heterocycles. The van der Waals surface area contributed by atoms with Gasteiger partial charge in [0.05, 0.1) is 10.2 Å². The third kappa shape index (κ3) is 24.1. The Kier molecular flexibility index (Phi) is 21.8. The van der Waals surface area contributed by atoms with E-state index in [4.69, 9.17) is 4.74 Å². The van der Waals surface area contributed by atoms with E-state index in [1.165, 1.54) is 96.3 Å². The van der Waals surface area contributed by atoms with Crippen LogP contribution in [-0.4, -0.2) is 15.0 Å². The Balaban J connectivity index is 0.00000172. The number of ether oxygens (including phenoxy) is 1. The highest BCUT2D eigenvalue weighted by Gasteiger charge is 2.02. The molecule has 1 aromatic rings. The van der Waals surface area contributed by atoms with E-state index in [2.05, 4.69) is 17.2 Å². The molecule has 0 spiro atoms. The normalized spacial score (nSPS) is 11.1. The molecule has 6 nitrogen and oxygen atoms in total. The van der Waals surface area contributed by atoms with Crippen LogP contribution in [0.5, 0.6) is 5.75 Å². The average Bonchev–Trinajstić information content (AvgIpc) is 2.75. The zero-order valence-electron chi connectivity index (χ0n) is 19.9. The number of halogens is 1. The SMILES string of the molecule is CCCCCCCCCCCCCCCCCCOc1ccccc1I=O.NS(N)(=O)=O. The maximum absolute atomic E-state index is 11.2. The van der Waals surface area contributed by atoms with Crippen LogP contribution in [-0.2, 0) is 13.3 Å². The lowest BCUT2D eigenvalue weighted by Crippen LogP contribution is -2.21. The second kappa shape index (κ2) is 22.2. The summed E-state index contributed by atoms with van der Waals surface area (Å²) in [5.41, 5.74) is 0. The molecule has 0 saturated heterocycles. The summed E-state index contributed by atoms with van der Waals surface area (Å²) in [5, 5.41) is 8.21. The van der Waals surface area contributed by atoms with Crippen LogP contribution in [0.4, 0.5) is 0 Å². The van der Waals surface area contributed by atoms with Crippen molar-refractivity contribution in [1.82, 2.24) is 0 Å². The Labute approximate surface area is 207 Å². The monoisotopic (exact) mass is 584 g/mol. The van der Waals surface area contributed by atoms with Gasteiger partial charge in [-0.2, -0.15) is 8.42 Å². The molecule has 0 saturated carbocycles. The topological polar surface area (TPSA) is 112 Å². The van der Waals surface area contributed by atoms with Crippen LogP contribution in [0.2, 0.25) is 0 Å². The van der Waals surface area contributed by atoms with Gasteiger partial charge in [-0.15, -0.1) is 0 Å². The van der Waals surface area contributed by atoms with Crippen molar-refractivity contribution in [3.63, 3.8) is 0 Å². The van der Waals surface area contributed by atoms with Gasteiger partial charge in [0.1, 0.15) is 5.75 Å². The molecule has 0 radical (unpaired) electrons. The van der Waals surface area contributed by atoms with Crippen LogP contribution in [0.15, 0.2) is 24.3 Å². The first kappa shape index (κ1) is 31.4. The van der Waals surface area contributed by atoms with Crippen LogP contribution in [0.1, 0.15) is 110 Å². The highest BCUT2D eigenvalue weighted by Crippen LogP contribution is 2.23. The van der Waals surface area contributed by atoms with Crippen molar-refractivity contribution in [3.05, 3.63) is 27.8 Å². The summed E-state index contributed by atoms with van der Waals surface area (Å²) in [5.74, 6) is 0.821. The molecule has 4 N–H and O–H groups in total. The fourth-order valence-corrected chi connectivity index (χ4v) is 4.36. The minimum Gasteiger partial charge on any atom is -0.492 e. The van der Waals surface area contributed by atoms with Gasteiger partial charge in [-0.25, -0.2) is 10.3 Å². The number of hydrogen-bond donors (Lipinski definition) is 2. The highest BCUT2D eigenvalue weighted by molar-refractivity contribution is 14.1. The Morgan fingerprint density at radius 2 is 1.09 bits per heavy atom. The van der Waals surface area contributed by atoms with Crippen molar-refractivity contribution in [2.24, 2.45) is 10.3 Å². The Morgan fingerprint density at radius 1 is 0.719 bits per heavy atom. The summed E-state index contributed by atoms with van der Waals surface area (Å²) in [6.45, 7) is 3.03. The van der Waals surface area contributed by atoms with Gasteiger partial charge >= 0.3 is 0 Å². The molecule has 0 atom stereocenters. The maximum atomic E-state index is 11.2. The molecule has 0 amide bonds. The van der Waals surface area contributed by atoms with E-state index in [9.17, 15) is 11.5 Å². The zero-order valence-corrected chi connectivity index (χ0v) is 22.9. The number of benzene rings is 1. The van der Waals surface area contributed by atoms with E-state index < -0.39 is 31.4 Å². The second-order valence-corrected chi connectivity index (χ2v) is 11.0. The molecule has 188 valence electrons. The lowest BCUT2D eigenvalue weighted by Gasteiger charge is -2.07. The molecular formula is C24H45IN2O4S. The van der Waals surface area contributed by atoms with Gasteiger partial charge in [0.25, 0.3) is 10.2 Å². The fourth-order valence-electron chi connectivity index (χ4n) is 3.46. The van der Waals surface area contributed by atoms with Crippen LogP contribution in [0.25, 0.3) is 0 Å². The van der Waals surface area contributed by atoms with Crippen LogP contribution >= 0.6 is 21.2 Å². The van der Waals surface area contributed by atoms with Gasteiger partial charge in [0.15, 0.2) is 21.2 Å². The third-order valence-electron chi connectivity index (χ3n) is 5.18. The lowest BCUT2D eigenvalue weighted by molar-refractivity contribution is 0.302. The van der Waals surface area contributed by atoms with E-state index in [0.717, 1.165) is 22.3 Å². The molecule has 0 fully saturated rings. The van der Waals surface area contributed by atoms with Gasteiger partial charge in [-0.1, -0.05) is 115 Å². The molecule has 1 aromatic carbocycles. The van der Waals surface area contributed by atoms with Crippen molar-refractivity contribution in [2.75, 3.05) is 6.61 Å². The minimum absolute atomic E-state index is 0.749. The first-order valence-electron chi connectivity index (χ1n) is 12.2.